The molecule has 0 spiro atoms. The second-order valence-electron chi connectivity index (χ2n) is 5.88. The molecule has 3 rings (SSSR count). The number of nitro benzene ring substituents is 1. The molecule has 0 aliphatic carbocycles. The van der Waals surface area contributed by atoms with Gasteiger partial charge in [0.2, 0.25) is 5.91 Å². The van der Waals surface area contributed by atoms with Gasteiger partial charge in [0, 0.05) is 41.7 Å². The largest absolute Gasteiger partial charge is 0.352 e. The molecule has 1 heterocycles. The average molecular weight is 418 g/mol. The molecule has 0 unspecified atom stereocenters. The number of nitrogens with zero attached hydrogens (tertiary/aromatic N) is 2. The number of anilines is 1. The van der Waals surface area contributed by atoms with Crippen molar-refractivity contribution in [1.82, 2.24) is 5.32 Å². The highest BCUT2D eigenvalue weighted by Crippen LogP contribution is 2.31. The minimum atomic E-state index is -0.473. The van der Waals surface area contributed by atoms with Crippen molar-refractivity contribution in [3.8, 4) is 0 Å². The second kappa shape index (κ2) is 7.65. The van der Waals surface area contributed by atoms with Crippen LogP contribution in [0.3, 0.4) is 0 Å². The molecule has 2 aromatic rings. The Kier molecular flexibility index (Phi) is 5.32. The number of nitro groups is 1. The van der Waals surface area contributed by atoms with Gasteiger partial charge in [-0.2, -0.15) is 0 Å². The van der Waals surface area contributed by atoms with Gasteiger partial charge in [0.15, 0.2) is 0 Å². The number of fused-ring (bicyclic) bond motifs is 1. The third kappa shape index (κ3) is 3.91. The standard InChI is InChI=1S/C18H16BrN3O4/c19-14-4-1-13(2-5-14)18(24)20-9-7-17(23)21-10-8-12-3-6-15(22(25)26)11-16(12)21/h1-6,11H,7-10H2,(H,20,24). The SMILES string of the molecule is O=C(NCCC(=O)N1CCc2ccc([N+](=O)[O-])cc21)c1ccc(Br)cc1. The minimum Gasteiger partial charge on any atom is -0.352 e. The van der Waals surface area contributed by atoms with Crippen molar-refractivity contribution in [3.05, 3.63) is 68.2 Å². The lowest BCUT2D eigenvalue weighted by atomic mass is 10.1. The number of halogens is 1. The van der Waals surface area contributed by atoms with Crippen molar-refractivity contribution in [2.24, 2.45) is 0 Å². The Bertz CT molecular complexity index is 867. The Morgan fingerprint density at radius 1 is 1.19 bits per heavy atom. The van der Waals surface area contributed by atoms with E-state index in [1.165, 1.54) is 12.1 Å². The Balaban J connectivity index is 1.58. The molecule has 1 N–H and O–H groups in total. The van der Waals surface area contributed by atoms with Gasteiger partial charge in [-0.3, -0.25) is 19.7 Å². The van der Waals surface area contributed by atoms with E-state index in [4.69, 9.17) is 0 Å². The van der Waals surface area contributed by atoms with Gasteiger partial charge in [0.05, 0.1) is 10.6 Å². The maximum Gasteiger partial charge on any atom is 0.271 e. The lowest BCUT2D eigenvalue weighted by molar-refractivity contribution is -0.384. The molecule has 1 aliphatic heterocycles. The number of hydrogen-bond acceptors (Lipinski definition) is 4. The van der Waals surface area contributed by atoms with Gasteiger partial charge in [-0.1, -0.05) is 22.0 Å². The summed E-state index contributed by atoms with van der Waals surface area (Å²) < 4.78 is 0.881. The van der Waals surface area contributed by atoms with Crippen molar-refractivity contribution in [2.45, 2.75) is 12.8 Å². The van der Waals surface area contributed by atoms with E-state index in [0.29, 0.717) is 24.2 Å². The number of non-ortho nitro benzene ring substituents is 1. The summed E-state index contributed by atoms with van der Waals surface area (Å²) in [6.45, 7) is 0.699. The van der Waals surface area contributed by atoms with Gasteiger partial charge in [0.1, 0.15) is 0 Å². The van der Waals surface area contributed by atoms with Crippen LogP contribution < -0.4 is 10.2 Å². The summed E-state index contributed by atoms with van der Waals surface area (Å²) in [5.41, 5.74) is 1.99. The Labute approximate surface area is 158 Å². The van der Waals surface area contributed by atoms with Crippen molar-refractivity contribution in [1.29, 1.82) is 0 Å². The van der Waals surface area contributed by atoms with Gasteiger partial charge in [-0.05, 0) is 36.2 Å². The lowest BCUT2D eigenvalue weighted by Gasteiger charge is -2.17. The second-order valence-corrected chi connectivity index (χ2v) is 6.79. The van der Waals surface area contributed by atoms with Crippen molar-refractivity contribution >= 4 is 39.1 Å². The van der Waals surface area contributed by atoms with Crippen LogP contribution in [0.4, 0.5) is 11.4 Å². The minimum absolute atomic E-state index is 0.0352. The van der Waals surface area contributed by atoms with Crippen molar-refractivity contribution in [3.63, 3.8) is 0 Å². The molecule has 1 aliphatic rings. The zero-order valence-electron chi connectivity index (χ0n) is 13.8. The third-order valence-corrected chi connectivity index (χ3v) is 4.74. The fourth-order valence-corrected chi connectivity index (χ4v) is 3.13. The summed E-state index contributed by atoms with van der Waals surface area (Å²) in [7, 11) is 0. The van der Waals surface area contributed by atoms with Crippen LogP contribution in [0.5, 0.6) is 0 Å². The van der Waals surface area contributed by atoms with Gasteiger partial charge < -0.3 is 10.2 Å². The molecule has 0 bridgehead atoms. The zero-order valence-corrected chi connectivity index (χ0v) is 15.4. The van der Waals surface area contributed by atoms with E-state index < -0.39 is 4.92 Å². The van der Waals surface area contributed by atoms with Crippen LogP contribution in [-0.2, 0) is 11.2 Å². The van der Waals surface area contributed by atoms with E-state index in [2.05, 4.69) is 21.2 Å². The monoisotopic (exact) mass is 417 g/mol. The molecule has 0 atom stereocenters. The van der Waals surface area contributed by atoms with Crippen LogP contribution in [0.25, 0.3) is 0 Å². The molecule has 26 heavy (non-hydrogen) atoms. The molecular weight excluding hydrogens is 402 g/mol. The van der Waals surface area contributed by atoms with Gasteiger partial charge in [-0.15, -0.1) is 0 Å². The quantitative estimate of drug-likeness (QED) is 0.597. The summed E-state index contributed by atoms with van der Waals surface area (Å²) in [6.07, 6.45) is 0.800. The third-order valence-electron chi connectivity index (χ3n) is 4.21. The van der Waals surface area contributed by atoms with Crippen LogP contribution in [0.15, 0.2) is 46.9 Å². The summed E-state index contributed by atoms with van der Waals surface area (Å²) in [5.74, 6) is -0.414. The first-order chi connectivity index (χ1) is 12.5. The van der Waals surface area contributed by atoms with E-state index in [9.17, 15) is 19.7 Å². The predicted octanol–water partition coefficient (Wildman–Crippen LogP) is 3.07. The van der Waals surface area contributed by atoms with Crippen LogP contribution in [-0.4, -0.2) is 29.8 Å². The molecular formula is C18H16BrN3O4. The predicted molar refractivity (Wildman–Crippen MR) is 100 cm³/mol. The normalized spacial score (nSPS) is 12.6. The molecule has 0 aromatic heterocycles. The molecule has 0 radical (unpaired) electrons. The summed E-state index contributed by atoms with van der Waals surface area (Å²) in [4.78, 5) is 36.5. The molecule has 2 amide bonds. The van der Waals surface area contributed by atoms with E-state index in [-0.39, 0.29) is 30.5 Å². The molecule has 2 aromatic carbocycles. The zero-order chi connectivity index (χ0) is 18.7. The molecule has 7 nitrogen and oxygen atoms in total. The van der Waals surface area contributed by atoms with Crippen LogP contribution in [0.2, 0.25) is 0 Å². The fraction of sp³-hybridized carbons (Fsp3) is 0.222. The highest BCUT2D eigenvalue weighted by Gasteiger charge is 2.26. The molecule has 134 valence electrons. The number of benzene rings is 2. The van der Waals surface area contributed by atoms with Crippen molar-refractivity contribution < 1.29 is 14.5 Å². The fourth-order valence-electron chi connectivity index (χ4n) is 2.86. The first kappa shape index (κ1) is 18.1. The van der Waals surface area contributed by atoms with Crippen LogP contribution in [0.1, 0.15) is 22.3 Å². The maximum absolute atomic E-state index is 12.5. The van der Waals surface area contributed by atoms with Gasteiger partial charge >= 0.3 is 0 Å². The maximum atomic E-state index is 12.5. The number of nitrogens with one attached hydrogen (secondary N) is 1. The van der Waals surface area contributed by atoms with Gasteiger partial charge in [-0.25, -0.2) is 0 Å². The van der Waals surface area contributed by atoms with E-state index in [1.54, 1.807) is 35.2 Å². The molecule has 0 saturated heterocycles. The topological polar surface area (TPSA) is 92.6 Å². The molecule has 0 saturated carbocycles. The van der Waals surface area contributed by atoms with Crippen LogP contribution >= 0.6 is 15.9 Å². The average Bonchev–Trinajstić information content (AvgIpc) is 3.05. The summed E-state index contributed by atoms with van der Waals surface area (Å²) >= 11 is 3.31. The van der Waals surface area contributed by atoms with E-state index >= 15 is 0 Å². The first-order valence-electron chi connectivity index (χ1n) is 8.07. The Morgan fingerprint density at radius 2 is 1.92 bits per heavy atom. The highest BCUT2D eigenvalue weighted by atomic mass is 79.9. The number of carbonyl (C=O) groups excluding carboxylic acids is 2. The number of rotatable bonds is 5. The highest BCUT2D eigenvalue weighted by molar-refractivity contribution is 9.10. The van der Waals surface area contributed by atoms with Crippen LogP contribution in [0, 0.1) is 10.1 Å². The Morgan fingerprint density at radius 3 is 2.62 bits per heavy atom. The smallest absolute Gasteiger partial charge is 0.271 e. The first-order valence-corrected chi connectivity index (χ1v) is 8.86. The van der Waals surface area contributed by atoms with E-state index in [1.807, 2.05) is 0 Å². The van der Waals surface area contributed by atoms with E-state index in [0.717, 1.165) is 10.0 Å². The number of amides is 2. The number of carbonyl (C=O) groups is 2. The lowest BCUT2D eigenvalue weighted by Crippen LogP contribution is -2.33. The summed E-state index contributed by atoms with van der Waals surface area (Å²) in [5, 5.41) is 13.6. The van der Waals surface area contributed by atoms with Gasteiger partial charge in [0.25, 0.3) is 11.6 Å². The molecule has 0 fully saturated rings. The van der Waals surface area contributed by atoms with Crippen molar-refractivity contribution in [2.75, 3.05) is 18.0 Å². The number of hydrogen-bond donors (Lipinski definition) is 1. The molecule has 8 heteroatoms. The summed E-state index contributed by atoms with van der Waals surface area (Å²) in [6, 6.07) is 11.5. The Hall–Kier alpha value is -2.74.